The van der Waals surface area contributed by atoms with Crippen molar-refractivity contribution in [2.45, 2.75) is 58.3 Å². The molecule has 1 aliphatic carbocycles. The van der Waals surface area contributed by atoms with Crippen LogP contribution in [0.1, 0.15) is 58.3 Å². The predicted octanol–water partition coefficient (Wildman–Crippen LogP) is 1.69. The van der Waals surface area contributed by atoms with E-state index in [1.165, 1.54) is 0 Å². The third-order valence-electron chi connectivity index (χ3n) is 4.40. The van der Waals surface area contributed by atoms with Crippen LogP contribution in [-0.4, -0.2) is 46.7 Å². The van der Waals surface area contributed by atoms with Crippen molar-refractivity contribution in [2.75, 3.05) is 19.7 Å². The fourth-order valence-corrected chi connectivity index (χ4v) is 3.09. The Bertz CT molecular complexity index is 350. The van der Waals surface area contributed by atoms with Crippen LogP contribution in [0.3, 0.4) is 0 Å². The van der Waals surface area contributed by atoms with E-state index in [0.29, 0.717) is 25.9 Å². The highest BCUT2D eigenvalue weighted by atomic mass is 16.4. The topological polar surface area (TPSA) is 99.2 Å². The summed E-state index contributed by atoms with van der Waals surface area (Å²) in [5.74, 6) is -0.0731. The van der Waals surface area contributed by atoms with Crippen molar-refractivity contribution < 1.29 is 15.1 Å². The van der Waals surface area contributed by atoms with Crippen molar-refractivity contribution >= 4 is 11.7 Å². The second-order valence-electron chi connectivity index (χ2n) is 5.85. The predicted molar refractivity (Wildman–Crippen MR) is 82.1 cm³/mol. The van der Waals surface area contributed by atoms with E-state index in [1.54, 1.807) is 4.90 Å². The van der Waals surface area contributed by atoms with Crippen LogP contribution in [0.5, 0.6) is 0 Å². The second kappa shape index (κ2) is 8.87. The number of amides is 1. The van der Waals surface area contributed by atoms with Gasteiger partial charge in [-0.3, -0.25) is 4.79 Å². The van der Waals surface area contributed by atoms with E-state index in [2.05, 4.69) is 12.1 Å². The highest BCUT2D eigenvalue weighted by Crippen LogP contribution is 2.37. The van der Waals surface area contributed by atoms with Gasteiger partial charge in [0, 0.05) is 13.1 Å². The highest BCUT2D eigenvalue weighted by molar-refractivity contribution is 6.06. The Morgan fingerprint density at radius 1 is 1.24 bits per heavy atom. The van der Waals surface area contributed by atoms with Gasteiger partial charge in [-0.05, 0) is 19.3 Å². The molecule has 6 heteroatoms. The first kappa shape index (κ1) is 17.8. The minimum atomic E-state index is -0.895. The number of hydrogen-bond donors (Lipinski definition) is 3. The van der Waals surface area contributed by atoms with E-state index < -0.39 is 5.41 Å². The van der Waals surface area contributed by atoms with Gasteiger partial charge in [-0.25, -0.2) is 0 Å². The average Bonchev–Trinajstić information content (AvgIpc) is 2.76. The molecule has 0 bridgehead atoms. The molecule has 0 aromatic carbocycles. The van der Waals surface area contributed by atoms with Gasteiger partial charge in [0.2, 0.25) is 5.91 Å². The Labute approximate surface area is 127 Å². The first-order valence-corrected chi connectivity index (χ1v) is 8.00. The second-order valence-corrected chi connectivity index (χ2v) is 5.85. The molecular weight excluding hydrogens is 270 g/mol. The van der Waals surface area contributed by atoms with Gasteiger partial charge >= 0.3 is 0 Å². The molecule has 4 N–H and O–H groups in total. The quantitative estimate of drug-likeness (QED) is 0.219. The molecule has 0 unspecified atom stereocenters. The van der Waals surface area contributed by atoms with Gasteiger partial charge in [0.05, 0.1) is 6.61 Å². The number of aliphatic hydroxyl groups excluding tert-OH is 1. The fraction of sp³-hybridized carbons (Fsp3) is 0.867. The number of amidine groups is 1. The van der Waals surface area contributed by atoms with E-state index in [4.69, 9.17) is 10.9 Å². The van der Waals surface area contributed by atoms with Gasteiger partial charge < -0.3 is 20.9 Å². The molecule has 1 fully saturated rings. The normalized spacial score (nSPS) is 19.0. The molecule has 6 nitrogen and oxygen atoms in total. The monoisotopic (exact) mass is 299 g/mol. The Kier molecular flexibility index (Phi) is 7.50. The average molecular weight is 299 g/mol. The first-order chi connectivity index (χ1) is 10.1. The lowest BCUT2D eigenvalue weighted by Gasteiger charge is -2.35. The summed E-state index contributed by atoms with van der Waals surface area (Å²) < 4.78 is 0. The Hall–Kier alpha value is -1.30. The molecule has 1 saturated carbocycles. The lowest BCUT2D eigenvalue weighted by molar-refractivity contribution is -0.139. The Morgan fingerprint density at radius 3 is 2.33 bits per heavy atom. The van der Waals surface area contributed by atoms with E-state index in [9.17, 15) is 9.90 Å². The zero-order valence-electron chi connectivity index (χ0n) is 13.1. The van der Waals surface area contributed by atoms with Gasteiger partial charge in [-0.2, -0.15) is 0 Å². The van der Waals surface area contributed by atoms with Crippen LogP contribution < -0.4 is 5.73 Å². The zero-order chi connectivity index (χ0) is 15.7. The van der Waals surface area contributed by atoms with Crippen molar-refractivity contribution in [3.63, 3.8) is 0 Å². The fourth-order valence-electron chi connectivity index (χ4n) is 3.09. The van der Waals surface area contributed by atoms with Gasteiger partial charge in [-0.1, -0.05) is 44.2 Å². The summed E-state index contributed by atoms with van der Waals surface area (Å²) in [7, 11) is 0. The highest BCUT2D eigenvalue weighted by Gasteiger charge is 2.45. The summed E-state index contributed by atoms with van der Waals surface area (Å²) in [4.78, 5) is 14.7. The molecule has 0 aliphatic heterocycles. The number of hydrogen-bond acceptors (Lipinski definition) is 4. The SMILES string of the molecule is CCCCN(CCO)C(=O)C1(C(N)=NO)CCCCCC1. The third kappa shape index (κ3) is 4.33. The van der Waals surface area contributed by atoms with Crippen molar-refractivity contribution in [3.8, 4) is 0 Å². The summed E-state index contributed by atoms with van der Waals surface area (Å²) in [6, 6.07) is 0. The van der Waals surface area contributed by atoms with Crippen LogP contribution >= 0.6 is 0 Å². The van der Waals surface area contributed by atoms with E-state index in [0.717, 1.165) is 38.5 Å². The maximum absolute atomic E-state index is 13.0. The minimum absolute atomic E-state index is 0.0221. The Balaban J connectivity index is 3.01. The van der Waals surface area contributed by atoms with Crippen LogP contribution in [0.25, 0.3) is 0 Å². The molecule has 21 heavy (non-hydrogen) atoms. The van der Waals surface area contributed by atoms with Crippen molar-refractivity contribution in [2.24, 2.45) is 16.3 Å². The molecule has 0 heterocycles. The van der Waals surface area contributed by atoms with Gasteiger partial charge in [0.15, 0.2) is 5.84 Å². The number of rotatable bonds is 7. The van der Waals surface area contributed by atoms with Crippen LogP contribution in [0, 0.1) is 5.41 Å². The van der Waals surface area contributed by atoms with Crippen molar-refractivity contribution in [1.29, 1.82) is 0 Å². The zero-order valence-corrected chi connectivity index (χ0v) is 13.1. The van der Waals surface area contributed by atoms with Crippen molar-refractivity contribution in [3.05, 3.63) is 0 Å². The number of nitrogens with zero attached hydrogens (tertiary/aromatic N) is 2. The van der Waals surface area contributed by atoms with Crippen LogP contribution in [0.4, 0.5) is 0 Å². The smallest absolute Gasteiger partial charge is 0.236 e. The van der Waals surface area contributed by atoms with Crippen LogP contribution in [-0.2, 0) is 4.79 Å². The molecule has 0 atom stereocenters. The lowest BCUT2D eigenvalue weighted by atomic mass is 9.77. The molecule has 0 aromatic heterocycles. The number of oxime groups is 1. The molecular formula is C15H29N3O3. The third-order valence-corrected chi connectivity index (χ3v) is 4.40. The van der Waals surface area contributed by atoms with E-state index in [-0.39, 0.29) is 18.3 Å². The minimum Gasteiger partial charge on any atom is -0.409 e. The van der Waals surface area contributed by atoms with Crippen LogP contribution in [0.2, 0.25) is 0 Å². The summed E-state index contributed by atoms with van der Waals surface area (Å²) in [6.07, 6.45) is 7.06. The van der Waals surface area contributed by atoms with Crippen molar-refractivity contribution in [1.82, 2.24) is 4.90 Å². The molecule has 0 aromatic rings. The summed E-state index contributed by atoms with van der Waals surface area (Å²) in [6.45, 7) is 2.91. The molecule has 0 radical (unpaired) electrons. The number of carbonyl (C=O) groups excluding carboxylic acids is 1. The van der Waals surface area contributed by atoms with E-state index >= 15 is 0 Å². The molecule has 1 rings (SSSR count). The molecule has 0 spiro atoms. The number of carbonyl (C=O) groups is 1. The van der Waals surface area contributed by atoms with Crippen LogP contribution in [0.15, 0.2) is 5.16 Å². The number of unbranched alkanes of at least 4 members (excludes halogenated alkanes) is 1. The number of aliphatic hydroxyl groups is 1. The molecule has 0 saturated heterocycles. The first-order valence-electron chi connectivity index (χ1n) is 8.00. The maximum Gasteiger partial charge on any atom is 0.236 e. The summed E-state index contributed by atoms with van der Waals surface area (Å²) in [5.41, 5.74) is 5.01. The summed E-state index contributed by atoms with van der Waals surface area (Å²) >= 11 is 0. The van der Waals surface area contributed by atoms with Gasteiger partial charge in [0.25, 0.3) is 0 Å². The van der Waals surface area contributed by atoms with E-state index in [1.807, 2.05) is 0 Å². The lowest BCUT2D eigenvalue weighted by Crippen LogP contribution is -2.52. The molecule has 122 valence electrons. The maximum atomic E-state index is 13.0. The summed E-state index contributed by atoms with van der Waals surface area (Å²) in [5, 5.41) is 21.5. The molecule has 1 aliphatic rings. The van der Waals surface area contributed by atoms with Gasteiger partial charge in [0.1, 0.15) is 5.41 Å². The van der Waals surface area contributed by atoms with Gasteiger partial charge in [-0.15, -0.1) is 0 Å². The standard InChI is InChI=1S/C15H29N3O3/c1-2-3-10-18(11-12-19)14(20)15(13(16)17-21)8-6-4-5-7-9-15/h19,21H,2-12H2,1H3,(H2,16,17). The number of nitrogens with two attached hydrogens (primary N) is 1. The Morgan fingerprint density at radius 2 is 1.86 bits per heavy atom. The molecule has 1 amide bonds. The largest absolute Gasteiger partial charge is 0.409 e.